The molecule has 0 aliphatic carbocycles. The number of primary amides is 1. The maximum absolute atomic E-state index is 12.5. The molecule has 0 aliphatic rings. The number of nitrogens with one attached hydrogen (secondary N) is 2. The summed E-state index contributed by atoms with van der Waals surface area (Å²) in [4.78, 5) is 36.1. The molecule has 0 saturated heterocycles. The first kappa shape index (κ1) is 22.2. The summed E-state index contributed by atoms with van der Waals surface area (Å²) in [5.41, 5.74) is 4.72. The Kier molecular flexibility index (Phi) is 8.78. The second kappa shape index (κ2) is 9.49. The summed E-state index contributed by atoms with van der Waals surface area (Å²) in [7, 11) is 0. The molecule has 0 radical (unpaired) electrons. The standard InChI is InChI=1S/C17H33N3O4/c1-8-11(4)13(14(18)21)20-15(22)12(9-10(2)3)19-16(23)24-17(5,6)7/h10-13H,8-9H2,1-7H3,(H2,18,21)(H,19,23)(H,20,22)/t11-,12-,13-/m0/s1. The van der Waals surface area contributed by atoms with Crippen molar-refractivity contribution in [1.29, 1.82) is 0 Å². The number of hydrogen-bond acceptors (Lipinski definition) is 4. The first-order chi connectivity index (χ1) is 10.9. The number of carbonyl (C=O) groups excluding carboxylic acids is 3. The monoisotopic (exact) mass is 343 g/mol. The van der Waals surface area contributed by atoms with E-state index in [2.05, 4.69) is 10.6 Å². The predicted molar refractivity (Wildman–Crippen MR) is 93.2 cm³/mol. The zero-order valence-corrected chi connectivity index (χ0v) is 15.9. The zero-order valence-electron chi connectivity index (χ0n) is 15.9. The molecule has 0 aromatic carbocycles. The normalized spacial score (nSPS) is 15.3. The molecule has 24 heavy (non-hydrogen) atoms. The molecule has 0 saturated carbocycles. The average Bonchev–Trinajstić information content (AvgIpc) is 2.39. The van der Waals surface area contributed by atoms with Gasteiger partial charge in [-0.05, 0) is 39.0 Å². The van der Waals surface area contributed by atoms with Crippen molar-refractivity contribution in [3.05, 3.63) is 0 Å². The zero-order chi connectivity index (χ0) is 19.1. The van der Waals surface area contributed by atoms with E-state index < -0.39 is 35.6 Å². The molecule has 0 spiro atoms. The van der Waals surface area contributed by atoms with E-state index in [9.17, 15) is 14.4 Å². The van der Waals surface area contributed by atoms with Crippen LogP contribution in [0, 0.1) is 11.8 Å². The smallest absolute Gasteiger partial charge is 0.408 e. The van der Waals surface area contributed by atoms with Gasteiger partial charge in [-0.3, -0.25) is 9.59 Å². The second-order valence-corrected chi connectivity index (χ2v) is 7.60. The third-order valence-corrected chi connectivity index (χ3v) is 3.53. The summed E-state index contributed by atoms with van der Waals surface area (Å²) in [6, 6.07) is -1.55. The van der Waals surface area contributed by atoms with Gasteiger partial charge < -0.3 is 21.1 Å². The van der Waals surface area contributed by atoms with E-state index >= 15 is 0 Å². The maximum atomic E-state index is 12.5. The van der Waals surface area contributed by atoms with Crippen molar-refractivity contribution in [3.8, 4) is 0 Å². The Hall–Kier alpha value is -1.79. The van der Waals surface area contributed by atoms with Crippen molar-refractivity contribution in [2.75, 3.05) is 0 Å². The quantitative estimate of drug-likeness (QED) is 0.625. The van der Waals surface area contributed by atoms with Gasteiger partial charge in [0.25, 0.3) is 0 Å². The van der Waals surface area contributed by atoms with Gasteiger partial charge in [-0.1, -0.05) is 34.1 Å². The highest BCUT2D eigenvalue weighted by Crippen LogP contribution is 2.12. The van der Waals surface area contributed by atoms with Crippen molar-refractivity contribution in [2.45, 2.75) is 79.0 Å². The molecule has 7 nitrogen and oxygen atoms in total. The summed E-state index contributed by atoms with van der Waals surface area (Å²) in [6.07, 6.45) is 0.460. The van der Waals surface area contributed by atoms with Gasteiger partial charge in [-0.2, -0.15) is 0 Å². The van der Waals surface area contributed by atoms with E-state index in [-0.39, 0.29) is 11.8 Å². The fraction of sp³-hybridized carbons (Fsp3) is 0.824. The van der Waals surface area contributed by atoms with Gasteiger partial charge in [0, 0.05) is 0 Å². The highest BCUT2D eigenvalue weighted by molar-refractivity contribution is 5.90. The summed E-state index contributed by atoms with van der Waals surface area (Å²) < 4.78 is 5.20. The predicted octanol–water partition coefficient (Wildman–Crippen LogP) is 1.94. The third kappa shape index (κ3) is 8.74. The second-order valence-electron chi connectivity index (χ2n) is 7.60. The third-order valence-electron chi connectivity index (χ3n) is 3.53. The molecular weight excluding hydrogens is 310 g/mol. The molecule has 7 heteroatoms. The van der Waals surface area contributed by atoms with Crippen LogP contribution in [0.15, 0.2) is 0 Å². The Bertz CT molecular complexity index is 444. The molecule has 3 atom stereocenters. The van der Waals surface area contributed by atoms with E-state index in [1.165, 1.54) is 0 Å². The van der Waals surface area contributed by atoms with Crippen molar-refractivity contribution in [1.82, 2.24) is 10.6 Å². The summed E-state index contributed by atoms with van der Waals surface area (Å²) in [5, 5.41) is 5.24. The molecule has 0 fully saturated rings. The highest BCUT2D eigenvalue weighted by Gasteiger charge is 2.30. The number of amides is 3. The van der Waals surface area contributed by atoms with E-state index in [0.717, 1.165) is 0 Å². The van der Waals surface area contributed by atoms with Crippen molar-refractivity contribution < 1.29 is 19.1 Å². The van der Waals surface area contributed by atoms with Gasteiger partial charge in [0.2, 0.25) is 11.8 Å². The minimum atomic E-state index is -0.786. The topological polar surface area (TPSA) is 111 Å². The van der Waals surface area contributed by atoms with Crippen LogP contribution in [0.25, 0.3) is 0 Å². The minimum absolute atomic E-state index is 0.0901. The van der Waals surface area contributed by atoms with Gasteiger partial charge in [0.1, 0.15) is 17.7 Å². The molecule has 0 aliphatic heterocycles. The van der Waals surface area contributed by atoms with Crippen LogP contribution in [0.3, 0.4) is 0 Å². The van der Waals surface area contributed by atoms with E-state index in [1.54, 1.807) is 20.8 Å². The number of nitrogens with two attached hydrogens (primary N) is 1. The first-order valence-electron chi connectivity index (χ1n) is 8.46. The molecule has 0 heterocycles. The SMILES string of the molecule is CC[C@H](C)[C@H](NC(=O)[C@H](CC(C)C)NC(=O)OC(C)(C)C)C(N)=O. The Balaban J connectivity index is 5.05. The Morgan fingerprint density at radius 3 is 2.00 bits per heavy atom. The minimum Gasteiger partial charge on any atom is -0.444 e. The van der Waals surface area contributed by atoms with Gasteiger partial charge >= 0.3 is 6.09 Å². The van der Waals surface area contributed by atoms with Crippen LogP contribution in [0.5, 0.6) is 0 Å². The molecule has 0 aromatic heterocycles. The Morgan fingerprint density at radius 2 is 1.62 bits per heavy atom. The summed E-state index contributed by atoms with van der Waals surface area (Å²) >= 11 is 0. The van der Waals surface area contributed by atoms with Crippen molar-refractivity contribution in [2.24, 2.45) is 17.6 Å². The van der Waals surface area contributed by atoms with Crippen LogP contribution in [-0.2, 0) is 14.3 Å². The van der Waals surface area contributed by atoms with E-state index in [0.29, 0.717) is 12.8 Å². The molecule has 0 rings (SSSR count). The number of alkyl carbamates (subject to hydrolysis) is 1. The van der Waals surface area contributed by atoms with Gasteiger partial charge in [-0.25, -0.2) is 4.79 Å². The Labute approximate surface area is 145 Å². The molecule has 0 bridgehead atoms. The average molecular weight is 343 g/mol. The largest absolute Gasteiger partial charge is 0.444 e. The lowest BCUT2D eigenvalue weighted by Gasteiger charge is -2.27. The molecule has 0 unspecified atom stereocenters. The van der Waals surface area contributed by atoms with Crippen LogP contribution in [0.4, 0.5) is 4.79 Å². The first-order valence-corrected chi connectivity index (χ1v) is 8.46. The van der Waals surface area contributed by atoms with Crippen molar-refractivity contribution in [3.63, 3.8) is 0 Å². The van der Waals surface area contributed by atoms with Crippen LogP contribution in [0.1, 0.15) is 61.3 Å². The lowest BCUT2D eigenvalue weighted by Crippen LogP contribution is -2.55. The molecule has 3 amide bonds. The number of rotatable bonds is 8. The van der Waals surface area contributed by atoms with Crippen molar-refractivity contribution >= 4 is 17.9 Å². The van der Waals surface area contributed by atoms with Crippen LogP contribution < -0.4 is 16.4 Å². The lowest BCUT2D eigenvalue weighted by atomic mass is 9.97. The fourth-order valence-electron chi connectivity index (χ4n) is 2.14. The fourth-order valence-corrected chi connectivity index (χ4v) is 2.14. The van der Waals surface area contributed by atoms with Crippen LogP contribution >= 0.6 is 0 Å². The molecule has 140 valence electrons. The highest BCUT2D eigenvalue weighted by atomic mass is 16.6. The Morgan fingerprint density at radius 1 is 1.08 bits per heavy atom. The number of carbonyl (C=O) groups is 3. The summed E-state index contributed by atoms with van der Waals surface area (Å²) in [6.45, 7) is 12.9. The molecular formula is C17H33N3O4. The van der Waals surface area contributed by atoms with Gasteiger partial charge in [0.15, 0.2) is 0 Å². The van der Waals surface area contributed by atoms with Crippen LogP contribution in [0.2, 0.25) is 0 Å². The summed E-state index contributed by atoms with van der Waals surface area (Å²) in [5.74, 6) is -0.934. The van der Waals surface area contributed by atoms with Gasteiger partial charge in [0.05, 0.1) is 0 Å². The van der Waals surface area contributed by atoms with E-state index in [4.69, 9.17) is 10.5 Å². The molecule has 4 N–H and O–H groups in total. The maximum Gasteiger partial charge on any atom is 0.408 e. The number of ether oxygens (including phenoxy) is 1. The van der Waals surface area contributed by atoms with E-state index in [1.807, 2.05) is 27.7 Å². The van der Waals surface area contributed by atoms with Crippen LogP contribution in [-0.4, -0.2) is 35.6 Å². The molecule has 0 aromatic rings. The lowest BCUT2D eigenvalue weighted by molar-refractivity contribution is -0.129. The number of hydrogen-bond donors (Lipinski definition) is 3. The van der Waals surface area contributed by atoms with Gasteiger partial charge in [-0.15, -0.1) is 0 Å².